The summed E-state index contributed by atoms with van der Waals surface area (Å²) in [6.45, 7) is 5.36. The number of carbonyl (C=O) groups excluding carboxylic acids is 1. The van der Waals surface area contributed by atoms with Gasteiger partial charge in [-0.3, -0.25) is 9.69 Å². The molecule has 0 N–H and O–H groups in total. The van der Waals surface area contributed by atoms with Crippen LogP contribution in [0.15, 0.2) is 0 Å². The lowest BCUT2D eigenvalue weighted by Crippen LogP contribution is -3.00. The molecule has 31 heavy (non-hydrogen) atoms. The van der Waals surface area contributed by atoms with E-state index in [1.807, 2.05) is 0 Å². The molecule has 4 heteroatoms. The van der Waals surface area contributed by atoms with E-state index in [9.17, 15) is 4.79 Å². The molecular formula is C27H55ClN2O. The molecule has 0 aromatic rings. The van der Waals surface area contributed by atoms with Gasteiger partial charge in [0.05, 0.1) is 20.6 Å². The van der Waals surface area contributed by atoms with E-state index in [2.05, 4.69) is 25.9 Å². The standard InChI is InChI=1S/C27H55N2O.ClH/c1-4-5-6-7-8-9-10-11-12-13-14-15-16-17-18-19-20-21-25-29(2,3)26-28-24-22-23-27(28)30;/h4-26H2,1-3H3;1H/q+1;/p-1. The Kier molecular flexibility index (Phi) is 20.2. The summed E-state index contributed by atoms with van der Waals surface area (Å²) >= 11 is 0. The Morgan fingerprint density at radius 3 is 1.42 bits per heavy atom. The van der Waals surface area contributed by atoms with Crippen LogP contribution in [0.3, 0.4) is 0 Å². The summed E-state index contributed by atoms with van der Waals surface area (Å²) in [5, 5.41) is 0. The van der Waals surface area contributed by atoms with Crippen LogP contribution in [0, 0.1) is 0 Å². The van der Waals surface area contributed by atoms with Gasteiger partial charge in [-0.2, -0.15) is 0 Å². The van der Waals surface area contributed by atoms with Gasteiger partial charge in [-0.25, -0.2) is 0 Å². The van der Waals surface area contributed by atoms with E-state index in [0.717, 1.165) is 30.5 Å². The fourth-order valence-corrected chi connectivity index (χ4v) is 4.83. The number of halogens is 1. The van der Waals surface area contributed by atoms with Gasteiger partial charge < -0.3 is 16.9 Å². The van der Waals surface area contributed by atoms with Crippen molar-refractivity contribution in [3.05, 3.63) is 0 Å². The van der Waals surface area contributed by atoms with Crippen molar-refractivity contribution in [2.45, 2.75) is 135 Å². The van der Waals surface area contributed by atoms with Crippen LogP contribution in [-0.4, -0.2) is 49.1 Å². The summed E-state index contributed by atoms with van der Waals surface area (Å²) in [4.78, 5) is 13.9. The van der Waals surface area contributed by atoms with Crippen molar-refractivity contribution in [2.75, 3.05) is 33.9 Å². The van der Waals surface area contributed by atoms with E-state index in [1.54, 1.807) is 0 Å². The highest BCUT2D eigenvalue weighted by Crippen LogP contribution is 2.16. The van der Waals surface area contributed by atoms with Crippen molar-refractivity contribution in [1.29, 1.82) is 0 Å². The molecule has 1 amide bonds. The van der Waals surface area contributed by atoms with Crippen molar-refractivity contribution in [3.8, 4) is 0 Å². The van der Waals surface area contributed by atoms with Gasteiger partial charge in [0, 0.05) is 13.0 Å². The molecule has 3 nitrogen and oxygen atoms in total. The maximum absolute atomic E-state index is 11.8. The third kappa shape index (κ3) is 17.9. The molecule has 186 valence electrons. The molecular weight excluding hydrogens is 404 g/mol. The first-order valence-electron chi connectivity index (χ1n) is 13.6. The number of nitrogens with zero attached hydrogens (tertiary/aromatic N) is 2. The maximum Gasteiger partial charge on any atom is 0.226 e. The minimum atomic E-state index is 0. The molecule has 1 fully saturated rings. The van der Waals surface area contributed by atoms with Crippen LogP contribution in [0.1, 0.15) is 135 Å². The SMILES string of the molecule is CCCCCCCCCCCCCCCCCCCC[N+](C)(C)CN1CCCC1=O.[Cl-]. The van der Waals surface area contributed by atoms with Crippen LogP contribution < -0.4 is 12.4 Å². The number of amides is 1. The predicted octanol–water partition coefficient (Wildman–Crippen LogP) is 4.69. The second-order valence-electron chi connectivity index (χ2n) is 10.6. The van der Waals surface area contributed by atoms with Crippen LogP contribution in [-0.2, 0) is 4.79 Å². The van der Waals surface area contributed by atoms with Crippen LogP contribution >= 0.6 is 0 Å². The average Bonchev–Trinajstić information content (AvgIpc) is 3.10. The monoisotopic (exact) mass is 458 g/mol. The van der Waals surface area contributed by atoms with Gasteiger partial charge in [-0.1, -0.05) is 110 Å². The molecule has 1 aliphatic heterocycles. The number of hydrogen-bond acceptors (Lipinski definition) is 1. The van der Waals surface area contributed by atoms with Crippen molar-refractivity contribution < 1.29 is 21.7 Å². The lowest BCUT2D eigenvalue weighted by Gasteiger charge is -2.33. The molecule has 1 saturated heterocycles. The molecule has 0 aliphatic carbocycles. The predicted molar refractivity (Wildman–Crippen MR) is 132 cm³/mol. The van der Waals surface area contributed by atoms with Crippen LogP contribution in [0.25, 0.3) is 0 Å². The fraction of sp³-hybridized carbons (Fsp3) is 0.963. The normalized spacial score (nSPS) is 14.3. The molecule has 0 atom stereocenters. The first kappa shape index (κ1) is 30.7. The van der Waals surface area contributed by atoms with Crippen molar-refractivity contribution >= 4 is 5.91 Å². The second-order valence-corrected chi connectivity index (χ2v) is 10.6. The van der Waals surface area contributed by atoms with Gasteiger partial charge in [-0.15, -0.1) is 0 Å². The molecule has 0 saturated carbocycles. The highest BCUT2D eigenvalue weighted by molar-refractivity contribution is 5.77. The van der Waals surface area contributed by atoms with E-state index in [4.69, 9.17) is 0 Å². The van der Waals surface area contributed by atoms with Crippen molar-refractivity contribution in [3.63, 3.8) is 0 Å². The van der Waals surface area contributed by atoms with Crippen LogP contribution in [0.5, 0.6) is 0 Å². The number of hydrogen-bond donors (Lipinski definition) is 0. The summed E-state index contributed by atoms with van der Waals surface area (Å²) in [5.41, 5.74) is 0. The van der Waals surface area contributed by atoms with Crippen molar-refractivity contribution in [1.82, 2.24) is 4.90 Å². The quantitative estimate of drug-likeness (QED) is 0.180. The van der Waals surface area contributed by atoms with Crippen molar-refractivity contribution in [2.24, 2.45) is 0 Å². The Hall–Kier alpha value is -0.280. The zero-order valence-electron chi connectivity index (χ0n) is 21.4. The smallest absolute Gasteiger partial charge is 0.226 e. The second kappa shape index (κ2) is 20.3. The van der Waals surface area contributed by atoms with E-state index in [1.165, 1.54) is 122 Å². The van der Waals surface area contributed by atoms with Gasteiger partial charge in [0.25, 0.3) is 0 Å². The first-order chi connectivity index (χ1) is 14.5. The molecule has 0 unspecified atom stereocenters. The number of unbranched alkanes of at least 4 members (excludes halogenated alkanes) is 17. The minimum Gasteiger partial charge on any atom is -1.00 e. The number of likely N-dealkylation sites (tertiary alicyclic amines) is 1. The van der Waals surface area contributed by atoms with Gasteiger partial charge >= 0.3 is 0 Å². The maximum atomic E-state index is 11.8. The third-order valence-electron chi connectivity index (χ3n) is 6.84. The Labute approximate surface area is 201 Å². The average molecular weight is 459 g/mol. The number of quaternary nitrogens is 1. The van der Waals surface area contributed by atoms with Gasteiger partial charge in [0.15, 0.2) is 6.67 Å². The molecule has 1 aliphatic rings. The highest BCUT2D eigenvalue weighted by Gasteiger charge is 2.26. The largest absolute Gasteiger partial charge is 1.00 e. The molecule has 1 heterocycles. The molecule has 1 rings (SSSR count). The Balaban J connectivity index is 0.00000900. The summed E-state index contributed by atoms with van der Waals surface area (Å²) in [7, 11) is 4.55. The minimum absolute atomic E-state index is 0. The Morgan fingerprint density at radius 2 is 1.06 bits per heavy atom. The van der Waals surface area contributed by atoms with E-state index in [-0.39, 0.29) is 12.4 Å². The topological polar surface area (TPSA) is 20.3 Å². The highest BCUT2D eigenvalue weighted by atomic mass is 35.5. The van der Waals surface area contributed by atoms with Crippen LogP contribution in [0.2, 0.25) is 0 Å². The third-order valence-corrected chi connectivity index (χ3v) is 6.84. The number of carbonyl (C=O) groups is 1. The zero-order valence-corrected chi connectivity index (χ0v) is 22.2. The summed E-state index contributed by atoms with van der Waals surface area (Å²) in [5.74, 6) is 0.360. The molecule has 0 aromatic carbocycles. The first-order valence-corrected chi connectivity index (χ1v) is 13.6. The lowest BCUT2D eigenvalue weighted by atomic mass is 10.0. The van der Waals surface area contributed by atoms with Gasteiger partial charge in [0.1, 0.15) is 0 Å². The van der Waals surface area contributed by atoms with Gasteiger partial charge in [0.2, 0.25) is 5.91 Å². The van der Waals surface area contributed by atoms with Gasteiger partial charge in [-0.05, 0) is 19.3 Å². The fourth-order valence-electron chi connectivity index (χ4n) is 4.83. The molecule has 0 radical (unpaired) electrons. The summed E-state index contributed by atoms with van der Waals surface area (Å²) in [6, 6.07) is 0. The zero-order chi connectivity index (χ0) is 21.9. The number of rotatable bonds is 21. The summed E-state index contributed by atoms with van der Waals surface area (Å²) in [6.07, 6.45) is 27.6. The van der Waals surface area contributed by atoms with Crippen LogP contribution in [0.4, 0.5) is 0 Å². The Morgan fingerprint density at radius 1 is 0.677 bits per heavy atom. The molecule has 0 aromatic heterocycles. The van der Waals surface area contributed by atoms with E-state index >= 15 is 0 Å². The Bertz CT molecular complexity index is 414. The molecule has 0 bridgehead atoms. The lowest BCUT2D eigenvalue weighted by molar-refractivity contribution is -0.899. The molecule has 0 spiro atoms. The van der Waals surface area contributed by atoms with E-state index < -0.39 is 0 Å². The van der Waals surface area contributed by atoms with E-state index in [0.29, 0.717) is 5.91 Å². The summed E-state index contributed by atoms with van der Waals surface area (Å²) < 4.78 is 0.963.